The van der Waals surface area contributed by atoms with Crippen molar-refractivity contribution in [2.75, 3.05) is 25.0 Å². The van der Waals surface area contributed by atoms with E-state index in [4.69, 9.17) is 0 Å². The first-order valence-electron chi connectivity index (χ1n) is 7.94. The van der Waals surface area contributed by atoms with Gasteiger partial charge in [-0.15, -0.1) is 0 Å². The zero-order chi connectivity index (χ0) is 16.1. The van der Waals surface area contributed by atoms with Gasteiger partial charge in [0.15, 0.2) is 0 Å². The van der Waals surface area contributed by atoms with Crippen LogP contribution in [0, 0.1) is 5.92 Å². The molecule has 1 amide bonds. The van der Waals surface area contributed by atoms with E-state index >= 15 is 0 Å². The molecule has 1 aliphatic heterocycles. The van der Waals surface area contributed by atoms with E-state index in [0.29, 0.717) is 12.5 Å². The van der Waals surface area contributed by atoms with Gasteiger partial charge in [0.1, 0.15) is 0 Å². The summed E-state index contributed by atoms with van der Waals surface area (Å²) in [5.41, 5.74) is 0.840. The zero-order valence-corrected chi connectivity index (χ0v) is 14.6. The molecular weight excluding hydrogens is 356 g/mol. The Labute approximate surface area is 144 Å². The highest BCUT2D eigenvalue weighted by Crippen LogP contribution is 2.19. The van der Waals surface area contributed by atoms with E-state index in [1.54, 1.807) is 0 Å². The van der Waals surface area contributed by atoms with Crippen molar-refractivity contribution in [1.82, 2.24) is 14.7 Å². The molecule has 0 unspecified atom stereocenters. The monoisotopic (exact) mass is 376 g/mol. The Balaban J connectivity index is 1.41. The molecule has 1 aliphatic rings. The third-order valence-electron chi connectivity index (χ3n) is 4.21. The van der Waals surface area contributed by atoms with Gasteiger partial charge < -0.3 is 5.32 Å². The van der Waals surface area contributed by atoms with Crippen molar-refractivity contribution in [1.29, 1.82) is 0 Å². The summed E-state index contributed by atoms with van der Waals surface area (Å²) in [6.45, 7) is 3.38. The fraction of sp³-hybridized carbons (Fsp3) is 0.412. The Morgan fingerprint density at radius 3 is 2.65 bits per heavy atom. The number of hydrogen-bond donors (Lipinski definition) is 1. The number of carbonyl (C=O) groups is 1. The Bertz CT molecular complexity index is 619. The van der Waals surface area contributed by atoms with Gasteiger partial charge in [-0.2, -0.15) is 5.10 Å². The molecule has 1 aromatic carbocycles. The molecule has 2 aromatic rings. The Hall–Kier alpha value is -1.66. The molecule has 0 saturated carbocycles. The van der Waals surface area contributed by atoms with E-state index in [0.717, 1.165) is 42.6 Å². The molecule has 5 nitrogen and oxygen atoms in total. The predicted molar refractivity (Wildman–Crippen MR) is 94.2 cm³/mol. The van der Waals surface area contributed by atoms with Crippen LogP contribution in [-0.2, 0) is 11.3 Å². The molecule has 122 valence electrons. The lowest BCUT2D eigenvalue weighted by atomic mass is 9.97. The van der Waals surface area contributed by atoms with Gasteiger partial charge in [-0.3, -0.25) is 14.4 Å². The smallest absolute Gasteiger partial charge is 0.238 e. The normalized spacial score (nSPS) is 16.4. The van der Waals surface area contributed by atoms with Gasteiger partial charge in [0.2, 0.25) is 5.91 Å². The van der Waals surface area contributed by atoms with Crippen LogP contribution < -0.4 is 5.32 Å². The van der Waals surface area contributed by atoms with Gasteiger partial charge >= 0.3 is 0 Å². The minimum absolute atomic E-state index is 0.0536. The second-order valence-electron chi connectivity index (χ2n) is 6.00. The number of nitrogens with zero attached hydrogens (tertiary/aromatic N) is 3. The molecule has 0 atom stereocenters. The van der Waals surface area contributed by atoms with E-state index in [-0.39, 0.29) is 5.91 Å². The number of halogens is 1. The lowest BCUT2D eigenvalue weighted by molar-refractivity contribution is -0.117. The summed E-state index contributed by atoms with van der Waals surface area (Å²) in [7, 11) is 0. The lowest BCUT2D eigenvalue weighted by Crippen LogP contribution is -2.40. The number of benzene rings is 1. The summed E-state index contributed by atoms with van der Waals surface area (Å²) < 4.78 is 3.01. The number of carbonyl (C=O) groups excluding carboxylic acids is 1. The minimum atomic E-state index is 0.0536. The molecule has 0 aliphatic carbocycles. The second kappa shape index (κ2) is 7.75. The van der Waals surface area contributed by atoms with Crippen LogP contribution in [0.15, 0.2) is 47.2 Å². The van der Waals surface area contributed by atoms with Crippen molar-refractivity contribution < 1.29 is 4.79 Å². The average molecular weight is 377 g/mol. The summed E-state index contributed by atoms with van der Waals surface area (Å²) in [4.78, 5) is 14.4. The van der Waals surface area contributed by atoms with Gasteiger partial charge in [-0.05, 0) is 62.2 Å². The van der Waals surface area contributed by atoms with Crippen LogP contribution in [0.25, 0.3) is 0 Å². The quantitative estimate of drug-likeness (QED) is 0.872. The van der Waals surface area contributed by atoms with Crippen molar-refractivity contribution in [2.24, 2.45) is 5.92 Å². The van der Waals surface area contributed by atoms with Crippen molar-refractivity contribution in [3.63, 3.8) is 0 Å². The number of nitrogens with one attached hydrogen (secondary N) is 1. The second-order valence-corrected chi connectivity index (χ2v) is 6.92. The van der Waals surface area contributed by atoms with Gasteiger partial charge in [-0.1, -0.05) is 15.9 Å². The third kappa shape index (κ3) is 4.91. The molecule has 6 heteroatoms. The van der Waals surface area contributed by atoms with Crippen molar-refractivity contribution in [2.45, 2.75) is 19.4 Å². The molecule has 0 bridgehead atoms. The zero-order valence-electron chi connectivity index (χ0n) is 13.0. The first-order chi connectivity index (χ1) is 11.2. The fourth-order valence-corrected chi connectivity index (χ4v) is 3.20. The van der Waals surface area contributed by atoms with Crippen molar-refractivity contribution in [3.05, 3.63) is 47.2 Å². The summed E-state index contributed by atoms with van der Waals surface area (Å²) in [6, 6.07) is 9.62. The van der Waals surface area contributed by atoms with E-state index in [9.17, 15) is 4.79 Å². The van der Waals surface area contributed by atoms with Gasteiger partial charge in [0, 0.05) is 29.1 Å². The highest BCUT2D eigenvalue weighted by atomic mass is 79.9. The molecule has 1 N–H and O–H groups in total. The highest BCUT2D eigenvalue weighted by Gasteiger charge is 2.21. The first kappa shape index (κ1) is 16.2. The van der Waals surface area contributed by atoms with Crippen LogP contribution in [0.4, 0.5) is 5.69 Å². The molecular formula is C17H21BrN4O. The maximum atomic E-state index is 12.1. The average Bonchev–Trinajstić information content (AvgIpc) is 3.04. The van der Waals surface area contributed by atoms with Crippen LogP contribution in [0.2, 0.25) is 0 Å². The molecule has 0 spiro atoms. The number of amides is 1. The highest BCUT2D eigenvalue weighted by molar-refractivity contribution is 9.10. The number of hydrogen-bond acceptors (Lipinski definition) is 3. The maximum Gasteiger partial charge on any atom is 0.238 e. The molecule has 1 fully saturated rings. The van der Waals surface area contributed by atoms with Crippen LogP contribution in [0.1, 0.15) is 12.8 Å². The summed E-state index contributed by atoms with van der Waals surface area (Å²) in [5, 5.41) is 7.21. The molecule has 3 rings (SSSR count). The molecule has 1 saturated heterocycles. The summed E-state index contributed by atoms with van der Waals surface area (Å²) >= 11 is 3.39. The molecule has 23 heavy (non-hydrogen) atoms. The van der Waals surface area contributed by atoms with Crippen molar-refractivity contribution in [3.8, 4) is 0 Å². The molecule has 2 heterocycles. The number of likely N-dealkylation sites (tertiary alicyclic amines) is 1. The largest absolute Gasteiger partial charge is 0.325 e. The lowest BCUT2D eigenvalue weighted by Gasteiger charge is -2.31. The molecule has 0 radical (unpaired) electrons. The van der Waals surface area contributed by atoms with Gasteiger partial charge in [0.05, 0.1) is 6.54 Å². The number of piperidine rings is 1. The Morgan fingerprint density at radius 1 is 1.26 bits per heavy atom. The van der Waals surface area contributed by atoms with E-state index in [1.165, 1.54) is 0 Å². The van der Waals surface area contributed by atoms with Crippen LogP contribution in [-0.4, -0.2) is 40.2 Å². The van der Waals surface area contributed by atoms with Crippen LogP contribution in [0.3, 0.4) is 0 Å². The number of anilines is 1. The topological polar surface area (TPSA) is 50.2 Å². The van der Waals surface area contributed by atoms with E-state index < -0.39 is 0 Å². The third-order valence-corrected chi connectivity index (χ3v) is 4.74. The van der Waals surface area contributed by atoms with Gasteiger partial charge in [0.25, 0.3) is 0 Å². The Morgan fingerprint density at radius 2 is 2.00 bits per heavy atom. The van der Waals surface area contributed by atoms with E-state index in [2.05, 4.69) is 31.2 Å². The van der Waals surface area contributed by atoms with Crippen LogP contribution >= 0.6 is 15.9 Å². The SMILES string of the molecule is O=C(CN1CCC(Cn2cccn2)CC1)Nc1ccc(Br)cc1. The van der Waals surface area contributed by atoms with Crippen molar-refractivity contribution >= 4 is 27.5 Å². The van der Waals surface area contributed by atoms with Crippen LogP contribution in [0.5, 0.6) is 0 Å². The minimum Gasteiger partial charge on any atom is -0.325 e. The van der Waals surface area contributed by atoms with E-state index in [1.807, 2.05) is 47.4 Å². The Kier molecular flexibility index (Phi) is 5.46. The number of rotatable bonds is 5. The predicted octanol–water partition coefficient (Wildman–Crippen LogP) is 3.00. The maximum absolute atomic E-state index is 12.1. The summed E-state index contributed by atoms with van der Waals surface area (Å²) in [6.07, 6.45) is 6.07. The van der Waals surface area contributed by atoms with Gasteiger partial charge in [-0.25, -0.2) is 0 Å². The fourth-order valence-electron chi connectivity index (χ4n) is 2.94. The first-order valence-corrected chi connectivity index (χ1v) is 8.73. The summed E-state index contributed by atoms with van der Waals surface area (Å²) in [5.74, 6) is 0.707. The standard InChI is InChI=1S/C17H21BrN4O/c18-15-2-4-16(5-3-15)20-17(23)13-21-10-6-14(7-11-21)12-22-9-1-8-19-22/h1-5,8-9,14H,6-7,10-13H2,(H,20,23). The molecule has 1 aromatic heterocycles. The number of aromatic nitrogens is 2.